The summed E-state index contributed by atoms with van der Waals surface area (Å²) in [7, 11) is 1.75. The number of H-pyrrole nitrogens is 1. The molecule has 0 aliphatic rings. The van der Waals surface area contributed by atoms with Crippen LogP contribution < -0.4 is 0 Å². The van der Waals surface area contributed by atoms with Crippen molar-refractivity contribution in [2.24, 2.45) is 0 Å². The third kappa shape index (κ3) is 4.89. The number of aromatic nitrogens is 3. The Hall–Kier alpha value is -2.74. The van der Waals surface area contributed by atoms with E-state index < -0.39 is 0 Å². The second-order valence-electron chi connectivity index (χ2n) is 5.84. The van der Waals surface area contributed by atoms with Crippen molar-refractivity contribution in [2.45, 2.75) is 25.5 Å². The van der Waals surface area contributed by atoms with Gasteiger partial charge >= 0.3 is 0 Å². The van der Waals surface area contributed by atoms with Gasteiger partial charge in [0.1, 0.15) is 28.9 Å². The number of carbonyl (C=O) groups excluding carboxylic acids is 1. The molecule has 0 bridgehead atoms. The molecular formula is C18H20N4O3S. The van der Waals surface area contributed by atoms with Crippen LogP contribution in [0.5, 0.6) is 0 Å². The summed E-state index contributed by atoms with van der Waals surface area (Å²) in [4.78, 5) is 18.2. The number of carbonyl (C=O) groups is 1. The van der Waals surface area contributed by atoms with E-state index in [0.717, 1.165) is 23.0 Å². The fourth-order valence-electron chi connectivity index (χ4n) is 2.23. The van der Waals surface area contributed by atoms with Gasteiger partial charge in [-0.1, -0.05) is 11.8 Å². The average molecular weight is 372 g/mol. The molecule has 0 spiro atoms. The Kier molecular flexibility index (Phi) is 5.62. The quantitative estimate of drug-likeness (QED) is 0.638. The monoisotopic (exact) mass is 372 g/mol. The van der Waals surface area contributed by atoms with Crippen molar-refractivity contribution in [3.8, 4) is 0 Å². The molecule has 1 N–H and O–H groups in total. The molecule has 0 atom stereocenters. The van der Waals surface area contributed by atoms with Crippen molar-refractivity contribution >= 4 is 29.8 Å². The molecule has 3 rings (SSSR count). The van der Waals surface area contributed by atoms with E-state index in [1.807, 2.05) is 44.2 Å². The lowest BCUT2D eigenvalue weighted by Crippen LogP contribution is -2.27. The number of nitrogens with one attached hydrogen (secondary N) is 1. The third-order valence-electron chi connectivity index (χ3n) is 3.59. The summed E-state index contributed by atoms with van der Waals surface area (Å²) in [5, 5.41) is 7.46. The van der Waals surface area contributed by atoms with E-state index in [1.54, 1.807) is 18.0 Å². The maximum Gasteiger partial charge on any atom is 0.233 e. The van der Waals surface area contributed by atoms with Crippen molar-refractivity contribution in [3.63, 3.8) is 0 Å². The minimum Gasteiger partial charge on any atom is -0.464 e. The van der Waals surface area contributed by atoms with E-state index in [0.29, 0.717) is 17.5 Å². The fraction of sp³-hybridized carbons (Fsp3) is 0.278. The van der Waals surface area contributed by atoms with E-state index in [1.165, 1.54) is 11.8 Å². The minimum atomic E-state index is -0.0167. The molecule has 7 nitrogen and oxygen atoms in total. The zero-order valence-electron chi connectivity index (χ0n) is 14.9. The highest BCUT2D eigenvalue weighted by Crippen LogP contribution is 2.16. The lowest BCUT2D eigenvalue weighted by Gasteiger charge is -2.14. The molecule has 0 aliphatic heterocycles. The van der Waals surface area contributed by atoms with Crippen molar-refractivity contribution in [3.05, 3.63) is 53.1 Å². The number of rotatable bonds is 7. The third-order valence-corrected chi connectivity index (χ3v) is 4.42. The van der Waals surface area contributed by atoms with E-state index in [-0.39, 0.29) is 11.7 Å². The number of nitrogens with zero attached hydrogens (tertiary/aromatic N) is 3. The molecule has 0 unspecified atom stereocenters. The highest BCUT2D eigenvalue weighted by molar-refractivity contribution is 7.99. The van der Waals surface area contributed by atoms with E-state index in [4.69, 9.17) is 8.83 Å². The van der Waals surface area contributed by atoms with Gasteiger partial charge < -0.3 is 13.7 Å². The van der Waals surface area contributed by atoms with Crippen LogP contribution in [0.2, 0.25) is 0 Å². The molecule has 0 aromatic carbocycles. The Bertz CT molecular complexity index is 909. The first-order valence-corrected chi connectivity index (χ1v) is 9.07. The standard InChI is InChI=1S/C18H20N4O3S/c1-12-4-6-14(24-12)8-9-16-19-18(21-20-16)26-11-17(23)22(3)10-15-7-5-13(2)25-15/h4-9H,10-11H2,1-3H3,(H,19,20,21)/b9-8+. The number of furan rings is 2. The zero-order chi connectivity index (χ0) is 18.5. The molecule has 0 fully saturated rings. The van der Waals surface area contributed by atoms with Crippen LogP contribution in [0.25, 0.3) is 12.2 Å². The van der Waals surface area contributed by atoms with E-state index >= 15 is 0 Å². The Morgan fingerprint density at radius 2 is 1.96 bits per heavy atom. The van der Waals surface area contributed by atoms with Crippen LogP contribution in [0, 0.1) is 13.8 Å². The lowest BCUT2D eigenvalue weighted by molar-refractivity contribution is -0.127. The SMILES string of the molecule is Cc1ccc(/C=C/c2nc(SCC(=O)N(C)Cc3ccc(C)o3)n[nH]2)o1. The number of aromatic amines is 1. The summed E-state index contributed by atoms with van der Waals surface area (Å²) in [6, 6.07) is 7.54. The second-order valence-corrected chi connectivity index (χ2v) is 6.78. The maximum atomic E-state index is 12.2. The Balaban J connectivity index is 1.49. The molecule has 1 amide bonds. The van der Waals surface area contributed by atoms with Gasteiger partial charge in [0.05, 0.1) is 12.3 Å². The molecular weight excluding hydrogens is 352 g/mol. The molecule has 0 radical (unpaired) electrons. The number of amides is 1. The molecule has 3 heterocycles. The maximum absolute atomic E-state index is 12.2. The van der Waals surface area contributed by atoms with Crippen LogP contribution in [-0.4, -0.2) is 38.8 Å². The summed E-state index contributed by atoms with van der Waals surface area (Å²) in [6.07, 6.45) is 3.59. The van der Waals surface area contributed by atoms with Gasteiger partial charge in [0.15, 0.2) is 0 Å². The Morgan fingerprint density at radius 3 is 2.65 bits per heavy atom. The first kappa shape index (κ1) is 18.1. The van der Waals surface area contributed by atoms with Crippen LogP contribution in [0.15, 0.2) is 38.3 Å². The summed E-state index contributed by atoms with van der Waals surface area (Å²) in [5.74, 6) is 4.05. The van der Waals surface area contributed by atoms with Crippen molar-refractivity contribution in [1.82, 2.24) is 20.1 Å². The van der Waals surface area contributed by atoms with Crippen LogP contribution in [0.3, 0.4) is 0 Å². The Labute approximate surface area is 155 Å². The topological polar surface area (TPSA) is 88.2 Å². The van der Waals surface area contributed by atoms with Gasteiger partial charge in [-0.15, -0.1) is 5.10 Å². The molecule has 3 aromatic rings. The van der Waals surface area contributed by atoms with Crippen molar-refractivity contribution < 1.29 is 13.6 Å². The van der Waals surface area contributed by atoms with E-state index in [2.05, 4.69) is 15.2 Å². The fourth-order valence-corrected chi connectivity index (χ4v) is 2.98. The molecule has 0 aliphatic carbocycles. The van der Waals surface area contributed by atoms with Crippen LogP contribution >= 0.6 is 11.8 Å². The molecule has 0 saturated heterocycles. The number of hydrogen-bond acceptors (Lipinski definition) is 6. The lowest BCUT2D eigenvalue weighted by atomic mass is 10.4. The highest BCUT2D eigenvalue weighted by Gasteiger charge is 2.13. The summed E-state index contributed by atoms with van der Waals surface area (Å²) in [6.45, 7) is 4.21. The normalized spacial score (nSPS) is 11.3. The number of aryl methyl sites for hydroxylation is 2. The molecule has 26 heavy (non-hydrogen) atoms. The first-order valence-electron chi connectivity index (χ1n) is 8.08. The zero-order valence-corrected chi connectivity index (χ0v) is 15.7. The molecule has 136 valence electrons. The van der Waals surface area contributed by atoms with Gasteiger partial charge in [-0.3, -0.25) is 9.89 Å². The first-order chi connectivity index (χ1) is 12.5. The van der Waals surface area contributed by atoms with Crippen LogP contribution in [0.1, 0.15) is 28.9 Å². The molecule has 3 aromatic heterocycles. The van der Waals surface area contributed by atoms with Crippen molar-refractivity contribution in [2.75, 3.05) is 12.8 Å². The van der Waals surface area contributed by atoms with Crippen LogP contribution in [-0.2, 0) is 11.3 Å². The van der Waals surface area contributed by atoms with Gasteiger partial charge in [-0.25, -0.2) is 4.98 Å². The van der Waals surface area contributed by atoms with Gasteiger partial charge in [-0.2, -0.15) is 0 Å². The smallest absolute Gasteiger partial charge is 0.233 e. The van der Waals surface area contributed by atoms with Gasteiger partial charge in [0.25, 0.3) is 0 Å². The highest BCUT2D eigenvalue weighted by atomic mass is 32.2. The molecule has 8 heteroatoms. The summed E-state index contributed by atoms with van der Waals surface area (Å²) in [5.41, 5.74) is 0. The predicted molar refractivity (Wildman–Crippen MR) is 99.4 cm³/mol. The predicted octanol–water partition coefficient (Wildman–Crippen LogP) is 3.53. The van der Waals surface area contributed by atoms with Gasteiger partial charge in [0.2, 0.25) is 11.1 Å². The van der Waals surface area contributed by atoms with Gasteiger partial charge in [-0.05, 0) is 50.3 Å². The second kappa shape index (κ2) is 8.09. The average Bonchev–Trinajstić information content (AvgIpc) is 3.33. The van der Waals surface area contributed by atoms with E-state index in [9.17, 15) is 4.79 Å². The summed E-state index contributed by atoms with van der Waals surface area (Å²) < 4.78 is 10.9. The minimum absolute atomic E-state index is 0.0167. The molecule has 0 saturated carbocycles. The number of hydrogen-bond donors (Lipinski definition) is 1. The largest absolute Gasteiger partial charge is 0.464 e. The van der Waals surface area contributed by atoms with Gasteiger partial charge in [0, 0.05) is 7.05 Å². The number of thioether (sulfide) groups is 1. The van der Waals surface area contributed by atoms with Crippen LogP contribution in [0.4, 0.5) is 0 Å². The van der Waals surface area contributed by atoms with Crippen molar-refractivity contribution in [1.29, 1.82) is 0 Å². The Morgan fingerprint density at radius 1 is 1.19 bits per heavy atom. The summed E-state index contributed by atoms with van der Waals surface area (Å²) >= 11 is 1.29.